The lowest BCUT2D eigenvalue weighted by atomic mass is 9.44. The number of hydrogen-bond acceptors (Lipinski definition) is 7. The fraction of sp³-hybridized carbons (Fsp3) is 0.216. The lowest BCUT2D eigenvalue weighted by molar-refractivity contribution is -0.135. The van der Waals surface area contributed by atoms with Crippen LogP contribution in [0.4, 0.5) is 5.69 Å². The molecule has 4 aliphatic rings. The fourth-order valence-electron chi connectivity index (χ4n) is 10.3. The zero-order chi connectivity index (χ0) is 41.0. The van der Waals surface area contributed by atoms with Crippen molar-refractivity contribution in [2.45, 2.75) is 31.1 Å². The predicted octanol–water partition coefficient (Wildman–Crippen LogP) is 8.92. The molecule has 3 aliphatic carbocycles. The first-order chi connectivity index (χ1) is 28.7. The van der Waals surface area contributed by atoms with Crippen LogP contribution in [0.3, 0.4) is 0 Å². The molecule has 6 unspecified atom stereocenters. The molecule has 0 spiro atoms. The Bertz CT molecular complexity index is 2610. The maximum Gasteiger partial charge on any atom is 0.238 e. The number of para-hydroxylation sites is 1. The number of phenolic OH excluding ortho intramolecular Hbond substituents is 1. The van der Waals surface area contributed by atoms with E-state index in [1.165, 1.54) is 11.0 Å². The quantitative estimate of drug-likeness (QED) is 0.0952. The standard InChI is InChI=1S/C51H43NO7/c1-30-11-10-16-39(47(30)54)46-37-24-25-38-45(50(57)52(49(38)56)35-21-18-31(19-22-35)17-20-33-27-36(58-2)23-26-43(33)59-3)41(37)28-42-48(55)40(32-12-6-4-7-13-32)29-44(53)51(42,46)34-14-8-5-9-15-34/h4-24,26-27,29,38,41-42,45-46,54H,25,28H2,1-3H3. The van der Waals surface area contributed by atoms with Crippen LogP contribution in [-0.4, -0.2) is 42.7 Å². The van der Waals surface area contributed by atoms with E-state index >= 15 is 9.59 Å². The maximum atomic E-state index is 15.2. The smallest absolute Gasteiger partial charge is 0.238 e. The molecular formula is C51H43NO7. The molecule has 1 saturated carbocycles. The number of hydrogen-bond donors (Lipinski definition) is 1. The van der Waals surface area contributed by atoms with Crippen LogP contribution < -0.4 is 14.4 Å². The van der Waals surface area contributed by atoms with Crippen molar-refractivity contribution < 1.29 is 33.8 Å². The van der Waals surface area contributed by atoms with E-state index < -0.39 is 35.0 Å². The number of fused-ring (bicyclic) bond motifs is 4. The number of allylic oxidation sites excluding steroid dienone is 4. The summed E-state index contributed by atoms with van der Waals surface area (Å²) in [5.74, 6) is -3.24. The molecule has 0 radical (unpaired) electrons. The van der Waals surface area contributed by atoms with Crippen molar-refractivity contribution in [2.24, 2.45) is 23.7 Å². The third-order valence-corrected chi connectivity index (χ3v) is 13.0. The second-order valence-corrected chi connectivity index (χ2v) is 15.8. The summed E-state index contributed by atoms with van der Waals surface area (Å²) in [4.78, 5) is 61.0. The molecule has 8 heteroatoms. The average Bonchev–Trinajstić information content (AvgIpc) is 3.53. The molecule has 1 aliphatic heterocycles. The van der Waals surface area contributed by atoms with Crippen LogP contribution in [0.25, 0.3) is 17.7 Å². The topological polar surface area (TPSA) is 110 Å². The lowest BCUT2D eigenvalue weighted by Crippen LogP contribution is -2.58. The van der Waals surface area contributed by atoms with Gasteiger partial charge in [0.2, 0.25) is 11.8 Å². The van der Waals surface area contributed by atoms with Crippen molar-refractivity contribution >= 4 is 46.8 Å². The van der Waals surface area contributed by atoms with Crippen molar-refractivity contribution in [3.05, 3.63) is 172 Å². The second-order valence-electron chi connectivity index (χ2n) is 15.8. The second kappa shape index (κ2) is 14.9. The van der Waals surface area contributed by atoms with Crippen molar-refractivity contribution in [3.8, 4) is 17.2 Å². The molecule has 59 heavy (non-hydrogen) atoms. The Kier molecular flexibility index (Phi) is 9.51. The summed E-state index contributed by atoms with van der Waals surface area (Å²) in [5.41, 5.74) is 4.34. The van der Waals surface area contributed by atoms with Gasteiger partial charge in [-0.15, -0.1) is 0 Å². The normalized spacial score (nSPS) is 24.9. The summed E-state index contributed by atoms with van der Waals surface area (Å²) in [5, 5.41) is 11.8. The number of phenols is 1. The number of imide groups is 1. The van der Waals surface area contributed by atoms with E-state index in [-0.39, 0.29) is 42.0 Å². The fourth-order valence-corrected chi connectivity index (χ4v) is 10.3. The summed E-state index contributed by atoms with van der Waals surface area (Å²) in [6.45, 7) is 1.81. The molecule has 1 saturated heterocycles. The molecule has 1 N–H and O–H groups in total. The number of methoxy groups -OCH3 is 2. The average molecular weight is 782 g/mol. The number of rotatable bonds is 8. The molecule has 6 atom stereocenters. The van der Waals surface area contributed by atoms with Gasteiger partial charge >= 0.3 is 0 Å². The van der Waals surface area contributed by atoms with Gasteiger partial charge in [0.25, 0.3) is 0 Å². The number of carbonyl (C=O) groups excluding carboxylic acids is 4. The van der Waals surface area contributed by atoms with Gasteiger partial charge in [-0.1, -0.05) is 115 Å². The molecule has 1 heterocycles. The first kappa shape index (κ1) is 37.8. The third kappa shape index (κ3) is 5.96. The van der Waals surface area contributed by atoms with Gasteiger partial charge in [-0.25, -0.2) is 0 Å². The zero-order valence-corrected chi connectivity index (χ0v) is 33.0. The summed E-state index contributed by atoms with van der Waals surface area (Å²) in [6, 6.07) is 36.9. The Balaban J connectivity index is 1.13. The molecule has 0 aromatic heterocycles. The maximum absolute atomic E-state index is 15.2. The Morgan fingerprint density at radius 2 is 1.49 bits per heavy atom. The number of Topliss-reactive ketones (excluding diaryl/α,β-unsaturated/α-hetero) is 1. The highest BCUT2D eigenvalue weighted by Crippen LogP contribution is 2.64. The van der Waals surface area contributed by atoms with E-state index in [4.69, 9.17) is 9.47 Å². The number of ketones is 2. The van der Waals surface area contributed by atoms with E-state index in [1.54, 1.807) is 26.4 Å². The monoisotopic (exact) mass is 781 g/mol. The van der Waals surface area contributed by atoms with E-state index in [1.807, 2.05) is 134 Å². The number of anilines is 1. The van der Waals surface area contributed by atoms with Crippen LogP contribution in [0.2, 0.25) is 0 Å². The molecule has 0 bridgehead atoms. The molecular weight excluding hydrogens is 739 g/mol. The van der Waals surface area contributed by atoms with Gasteiger partial charge in [0, 0.05) is 28.5 Å². The van der Waals surface area contributed by atoms with Crippen molar-refractivity contribution in [2.75, 3.05) is 19.1 Å². The van der Waals surface area contributed by atoms with Crippen LogP contribution in [0.1, 0.15) is 52.1 Å². The van der Waals surface area contributed by atoms with Gasteiger partial charge in [0.1, 0.15) is 17.2 Å². The van der Waals surface area contributed by atoms with E-state index in [0.717, 1.165) is 16.7 Å². The molecule has 2 amide bonds. The van der Waals surface area contributed by atoms with Gasteiger partial charge in [-0.05, 0) is 84.3 Å². The van der Waals surface area contributed by atoms with Crippen LogP contribution in [0.15, 0.2) is 139 Å². The highest BCUT2D eigenvalue weighted by atomic mass is 16.5. The number of amides is 2. The van der Waals surface area contributed by atoms with E-state index in [0.29, 0.717) is 45.0 Å². The lowest BCUT2D eigenvalue weighted by Gasteiger charge is -2.55. The van der Waals surface area contributed by atoms with Crippen molar-refractivity contribution in [3.63, 3.8) is 0 Å². The minimum absolute atomic E-state index is 0.0442. The Morgan fingerprint density at radius 3 is 2.20 bits per heavy atom. The van der Waals surface area contributed by atoms with Gasteiger partial charge in [-0.2, -0.15) is 0 Å². The minimum atomic E-state index is -1.42. The van der Waals surface area contributed by atoms with Crippen LogP contribution >= 0.6 is 0 Å². The number of aromatic hydroxyl groups is 1. The molecule has 2 fully saturated rings. The largest absolute Gasteiger partial charge is 0.507 e. The zero-order valence-electron chi connectivity index (χ0n) is 33.0. The first-order valence-electron chi connectivity index (χ1n) is 19.9. The highest BCUT2D eigenvalue weighted by molar-refractivity contribution is 6.32. The number of aryl methyl sites for hydroxylation is 1. The number of carbonyl (C=O) groups is 4. The van der Waals surface area contributed by atoms with Crippen molar-refractivity contribution in [1.82, 2.24) is 0 Å². The van der Waals surface area contributed by atoms with Crippen LogP contribution in [0, 0.1) is 30.6 Å². The summed E-state index contributed by atoms with van der Waals surface area (Å²) >= 11 is 0. The molecule has 5 aromatic carbocycles. The number of nitrogens with zero attached hydrogens (tertiary/aromatic N) is 1. The Morgan fingerprint density at radius 1 is 0.763 bits per heavy atom. The summed E-state index contributed by atoms with van der Waals surface area (Å²) in [7, 11) is 3.22. The minimum Gasteiger partial charge on any atom is -0.507 e. The Labute approximate surface area is 343 Å². The van der Waals surface area contributed by atoms with Gasteiger partial charge in [0.15, 0.2) is 11.6 Å². The van der Waals surface area contributed by atoms with Crippen LogP contribution in [0.5, 0.6) is 17.2 Å². The molecule has 294 valence electrons. The third-order valence-electron chi connectivity index (χ3n) is 13.0. The Hall–Kier alpha value is -6.80. The van der Waals surface area contributed by atoms with Crippen molar-refractivity contribution in [1.29, 1.82) is 0 Å². The molecule has 5 aromatic rings. The van der Waals surface area contributed by atoms with Gasteiger partial charge in [-0.3, -0.25) is 24.1 Å². The number of ether oxygens (including phenoxy) is 2. The first-order valence-corrected chi connectivity index (χ1v) is 19.9. The van der Waals surface area contributed by atoms with E-state index in [2.05, 4.69) is 0 Å². The van der Waals surface area contributed by atoms with Gasteiger partial charge in [0.05, 0.1) is 37.2 Å². The SMILES string of the molecule is COc1ccc(OC)c(C=Cc2ccc(N3C(=O)C4CC=C5C(CC6C(=O)C(c7ccccc7)=CC(=O)C6(c6ccccc6)C5c5cccc(C)c5O)C4C3=O)cc2)c1. The molecule has 9 rings (SSSR count). The highest BCUT2D eigenvalue weighted by Gasteiger charge is 2.66. The van der Waals surface area contributed by atoms with E-state index in [9.17, 15) is 14.7 Å². The van der Waals surface area contributed by atoms with Crippen LogP contribution in [-0.2, 0) is 24.6 Å². The number of benzene rings is 5. The summed E-state index contributed by atoms with van der Waals surface area (Å²) in [6.07, 6.45) is 7.82. The predicted molar refractivity (Wildman–Crippen MR) is 227 cm³/mol. The molecule has 8 nitrogen and oxygen atoms in total. The van der Waals surface area contributed by atoms with Gasteiger partial charge < -0.3 is 14.6 Å². The summed E-state index contributed by atoms with van der Waals surface area (Å²) < 4.78 is 10.9.